The van der Waals surface area contributed by atoms with E-state index in [4.69, 9.17) is 9.84 Å². The zero-order valence-electron chi connectivity index (χ0n) is 11.7. The lowest BCUT2D eigenvalue weighted by Crippen LogP contribution is -2.54. The number of carbonyl (C=O) groups excluding carboxylic acids is 1. The summed E-state index contributed by atoms with van der Waals surface area (Å²) >= 11 is 1.89. The molecule has 2 fully saturated rings. The van der Waals surface area contributed by atoms with Crippen molar-refractivity contribution in [3.05, 3.63) is 0 Å². The van der Waals surface area contributed by atoms with Crippen molar-refractivity contribution in [2.45, 2.75) is 43.6 Å². The SMILES string of the molecule is CCSC1CCCC1NC(=O)N1CCOC(C(=O)O)C1. The fraction of sp³-hybridized carbons (Fsp3) is 0.846. The van der Waals surface area contributed by atoms with E-state index in [0.29, 0.717) is 11.8 Å². The largest absolute Gasteiger partial charge is 0.479 e. The van der Waals surface area contributed by atoms with Gasteiger partial charge >= 0.3 is 12.0 Å². The second kappa shape index (κ2) is 7.17. The van der Waals surface area contributed by atoms with Crippen molar-refractivity contribution in [3.63, 3.8) is 0 Å². The highest BCUT2D eigenvalue weighted by Gasteiger charge is 2.33. The van der Waals surface area contributed by atoms with Crippen molar-refractivity contribution in [3.8, 4) is 0 Å². The molecule has 3 unspecified atom stereocenters. The molecule has 2 rings (SSSR count). The average Bonchev–Trinajstić information content (AvgIpc) is 2.86. The first-order valence-corrected chi connectivity index (χ1v) is 8.18. The number of carboxylic acids is 1. The highest BCUT2D eigenvalue weighted by Crippen LogP contribution is 2.30. The predicted octanol–water partition coefficient (Wildman–Crippen LogP) is 1.16. The van der Waals surface area contributed by atoms with E-state index in [1.807, 2.05) is 11.8 Å². The van der Waals surface area contributed by atoms with Crippen LogP contribution >= 0.6 is 11.8 Å². The zero-order valence-corrected chi connectivity index (χ0v) is 12.5. The highest BCUT2D eigenvalue weighted by atomic mass is 32.2. The summed E-state index contributed by atoms with van der Waals surface area (Å²) in [6.07, 6.45) is 2.39. The number of morpholine rings is 1. The van der Waals surface area contributed by atoms with Gasteiger partial charge in [0, 0.05) is 17.8 Å². The third-order valence-corrected chi connectivity index (χ3v) is 5.10. The second-order valence-electron chi connectivity index (χ2n) is 5.12. The molecule has 0 aromatic carbocycles. The summed E-state index contributed by atoms with van der Waals surface area (Å²) in [4.78, 5) is 24.7. The van der Waals surface area contributed by atoms with Gasteiger partial charge in [-0.25, -0.2) is 9.59 Å². The van der Waals surface area contributed by atoms with Crippen LogP contribution in [0.3, 0.4) is 0 Å². The monoisotopic (exact) mass is 302 g/mol. The number of hydrogen-bond acceptors (Lipinski definition) is 4. The Labute approximate surface area is 123 Å². The maximum absolute atomic E-state index is 12.2. The van der Waals surface area contributed by atoms with E-state index in [2.05, 4.69) is 12.2 Å². The first-order valence-electron chi connectivity index (χ1n) is 7.13. The van der Waals surface area contributed by atoms with Crippen molar-refractivity contribution in [1.82, 2.24) is 10.2 Å². The van der Waals surface area contributed by atoms with Crippen LogP contribution in [0.5, 0.6) is 0 Å². The van der Waals surface area contributed by atoms with Gasteiger partial charge in [0.2, 0.25) is 0 Å². The summed E-state index contributed by atoms with van der Waals surface area (Å²) in [6, 6.07) is 0.0479. The number of carbonyl (C=O) groups is 2. The van der Waals surface area contributed by atoms with Crippen LogP contribution in [0, 0.1) is 0 Å². The molecule has 1 saturated heterocycles. The highest BCUT2D eigenvalue weighted by molar-refractivity contribution is 7.99. The molecule has 3 atom stereocenters. The van der Waals surface area contributed by atoms with Gasteiger partial charge in [0.15, 0.2) is 6.10 Å². The van der Waals surface area contributed by atoms with Gasteiger partial charge in [-0.1, -0.05) is 13.3 Å². The van der Waals surface area contributed by atoms with Crippen LogP contribution < -0.4 is 5.32 Å². The molecule has 0 aromatic heterocycles. The van der Waals surface area contributed by atoms with E-state index in [9.17, 15) is 9.59 Å². The summed E-state index contributed by atoms with van der Waals surface area (Å²) < 4.78 is 5.12. The van der Waals surface area contributed by atoms with Crippen molar-refractivity contribution >= 4 is 23.8 Å². The van der Waals surface area contributed by atoms with E-state index in [1.165, 1.54) is 0 Å². The molecule has 1 heterocycles. The number of amides is 2. The first-order chi connectivity index (χ1) is 9.61. The minimum atomic E-state index is -1.01. The van der Waals surface area contributed by atoms with Crippen LogP contribution in [-0.2, 0) is 9.53 Å². The van der Waals surface area contributed by atoms with Crippen molar-refractivity contribution in [2.24, 2.45) is 0 Å². The van der Waals surface area contributed by atoms with Gasteiger partial charge in [-0.2, -0.15) is 11.8 Å². The van der Waals surface area contributed by atoms with Gasteiger partial charge < -0.3 is 20.1 Å². The van der Waals surface area contributed by atoms with Gasteiger partial charge in [-0.05, 0) is 18.6 Å². The molecule has 1 saturated carbocycles. The van der Waals surface area contributed by atoms with Crippen LogP contribution in [0.1, 0.15) is 26.2 Å². The second-order valence-corrected chi connectivity index (χ2v) is 6.64. The summed E-state index contributed by atoms with van der Waals surface area (Å²) in [7, 11) is 0. The molecular weight excluding hydrogens is 280 g/mol. The maximum atomic E-state index is 12.2. The molecule has 2 amide bonds. The molecule has 7 heteroatoms. The van der Waals surface area contributed by atoms with E-state index in [0.717, 1.165) is 25.0 Å². The van der Waals surface area contributed by atoms with Gasteiger partial charge in [0.25, 0.3) is 0 Å². The number of thioether (sulfide) groups is 1. The Morgan fingerprint density at radius 1 is 1.45 bits per heavy atom. The molecule has 6 nitrogen and oxygen atoms in total. The maximum Gasteiger partial charge on any atom is 0.334 e. The van der Waals surface area contributed by atoms with Gasteiger partial charge in [-0.3, -0.25) is 0 Å². The topological polar surface area (TPSA) is 78.9 Å². The summed E-state index contributed by atoms with van der Waals surface area (Å²) in [5.41, 5.74) is 0. The fourth-order valence-corrected chi connectivity index (χ4v) is 3.94. The molecule has 1 aliphatic heterocycles. The standard InChI is InChI=1S/C13H22N2O4S/c1-2-20-11-5-3-4-9(11)14-13(18)15-6-7-19-10(8-15)12(16)17/h9-11H,2-8H2,1H3,(H,14,18)(H,16,17). The van der Waals surface area contributed by atoms with E-state index < -0.39 is 12.1 Å². The number of rotatable bonds is 4. The van der Waals surface area contributed by atoms with E-state index in [-0.39, 0.29) is 25.2 Å². The Morgan fingerprint density at radius 2 is 2.25 bits per heavy atom. The molecule has 20 heavy (non-hydrogen) atoms. The molecule has 1 aliphatic carbocycles. The Morgan fingerprint density at radius 3 is 2.95 bits per heavy atom. The number of ether oxygens (including phenoxy) is 1. The van der Waals surface area contributed by atoms with Crippen molar-refractivity contribution < 1.29 is 19.4 Å². The first kappa shape index (κ1) is 15.4. The van der Waals surface area contributed by atoms with Crippen molar-refractivity contribution in [2.75, 3.05) is 25.4 Å². The minimum absolute atomic E-state index is 0.124. The zero-order chi connectivity index (χ0) is 14.5. The molecule has 2 aliphatic rings. The molecule has 0 aromatic rings. The normalized spacial score (nSPS) is 30.2. The summed E-state index contributed by atoms with van der Waals surface area (Å²) in [5.74, 6) is 0.0400. The molecular formula is C13H22N2O4S. The molecule has 0 spiro atoms. The molecule has 0 bridgehead atoms. The van der Waals surface area contributed by atoms with Gasteiger partial charge in [0.1, 0.15) is 0 Å². The lowest BCUT2D eigenvalue weighted by molar-refractivity contribution is -0.154. The number of aliphatic carboxylic acids is 1. The molecule has 2 N–H and O–H groups in total. The smallest absolute Gasteiger partial charge is 0.334 e. The Hall–Kier alpha value is -0.950. The van der Waals surface area contributed by atoms with Crippen molar-refractivity contribution in [1.29, 1.82) is 0 Å². The summed E-state index contributed by atoms with van der Waals surface area (Å²) in [6.45, 7) is 2.98. The van der Waals surface area contributed by atoms with E-state index in [1.54, 1.807) is 4.90 Å². The predicted molar refractivity (Wildman–Crippen MR) is 77.0 cm³/mol. The van der Waals surface area contributed by atoms with Crippen LogP contribution in [-0.4, -0.2) is 64.9 Å². The van der Waals surface area contributed by atoms with E-state index >= 15 is 0 Å². The Kier molecular flexibility index (Phi) is 5.54. The minimum Gasteiger partial charge on any atom is -0.479 e. The summed E-state index contributed by atoms with van der Waals surface area (Å²) in [5, 5.41) is 12.5. The lowest BCUT2D eigenvalue weighted by Gasteiger charge is -2.32. The average molecular weight is 302 g/mol. The van der Waals surface area contributed by atoms with Crippen LogP contribution in [0.15, 0.2) is 0 Å². The fourth-order valence-electron chi connectivity index (χ4n) is 2.74. The Bertz CT molecular complexity index is 366. The number of hydrogen-bond donors (Lipinski definition) is 2. The molecule has 0 radical (unpaired) electrons. The van der Waals surface area contributed by atoms with Gasteiger partial charge in [0.05, 0.1) is 13.2 Å². The third-order valence-electron chi connectivity index (χ3n) is 3.77. The van der Waals surface area contributed by atoms with Crippen LogP contribution in [0.4, 0.5) is 4.79 Å². The van der Waals surface area contributed by atoms with Crippen LogP contribution in [0.25, 0.3) is 0 Å². The quantitative estimate of drug-likeness (QED) is 0.814. The molecule has 114 valence electrons. The van der Waals surface area contributed by atoms with Crippen LogP contribution in [0.2, 0.25) is 0 Å². The Balaban J connectivity index is 1.86. The number of nitrogens with one attached hydrogen (secondary N) is 1. The number of carboxylic acid groups (broad SMARTS) is 1. The number of urea groups is 1. The number of nitrogens with zero attached hydrogens (tertiary/aromatic N) is 1. The lowest BCUT2D eigenvalue weighted by atomic mass is 10.2. The van der Waals surface area contributed by atoms with Gasteiger partial charge in [-0.15, -0.1) is 0 Å². The third kappa shape index (κ3) is 3.79.